The van der Waals surface area contributed by atoms with Crippen molar-refractivity contribution < 1.29 is 9.18 Å². The topological polar surface area (TPSA) is 61.4 Å². The van der Waals surface area contributed by atoms with Gasteiger partial charge in [0, 0.05) is 39.6 Å². The average molecular weight is 281 g/mol. The van der Waals surface area contributed by atoms with Crippen molar-refractivity contribution in [3.8, 4) is 0 Å². The van der Waals surface area contributed by atoms with Crippen LogP contribution in [-0.2, 0) is 4.79 Å². The molecule has 20 heavy (non-hydrogen) atoms. The molecule has 1 aromatic rings. The van der Waals surface area contributed by atoms with Crippen molar-refractivity contribution in [1.82, 2.24) is 14.9 Å². The Morgan fingerprint density at radius 2 is 2.10 bits per heavy atom. The van der Waals surface area contributed by atoms with E-state index in [2.05, 4.69) is 15.3 Å². The molecule has 7 heteroatoms. The molecule has 0 bridgehead atoms. The van der Waals surface area contributed by atoms with Crippen molar-refractivity contribution in [3.63, 3.8) is 0 Å². The highest BCUT2D eigenvalue weighted by Crippen LogP contribution is 2.19. The molecule has 1 N–H and O–H groups in total. The summed E-state index contributed by atoms with van der Waals surface area (Å²) in [4.78, 5) is 23.0. The van der Waals surface area contributed by atoms with Crippen LogP contribution >= 0.6 is 0 Å². The van der Waals surface area contributed by atoms with Gasteiger partial charge in [0.05, 0.1) is 6.20 Å². The molecule has 6 nitrogen and oxygen atoms in total. The van der Waals surface area contributed by atoms with Crippen LogP contribution in [0.2, 0.25) is 0 Å². The van der Waals surface area contributed by atoms with Crippen LogP contribution in [0.3, 0.4) is 0 Å². The fourth-order valence-corrected chi connectivity index (χ4v) is 2.14. The Morgan fingerprint density at radius 3 is 2.70 bits per heavy atom. The maximum absolute atomic E-state index is 13.9. The molecule has 2 heterocycles. The number of amides is 1. The zero-order valence-corrected chi connectivity index (χ0v) is 11.9. The first-order chi connectivity index (χ1) is 9.61. The molecule has 0 aliphatic carbocycles. The van der Waals surface area contributed by atoms with Gasteiger partial charge in [-0.05, 0) is 6.42 Å². The lowest BCUT2D eigenvalue weighted by molar-refractivity contribution is -0.129. The van der Waals surface area contributed by atoms with Crippen molar-refractivity contribution in [2.75, 3.05) is 42.9 Å². The van der Waals surface area contributed by atoms with Gasteiger partial charge in [0.2, 0.25) is 11.9 Å². The molecule has 0 radical (unpaired) electrons. The second-order valence-electron chi connectivity index (χ2n) is 4.79. The van der Waals surface area contributed by atoms with E-state index < -0.39 is 5.82 Å². The third-order valence-corrected chi connectivity index (χ3v) is 3.28. The monoisotopic (exact) mass is 281 g/mol. The number of aromatic nitrogens is 2. The summed E-state index contributed by atoms with van der Waals surface area (Å²) < 4.78 is 13.9. The summed E-state index contributed by atoms with van der Waals surface area (Å²) in [6.07, 6.45) is 2.14. The largest absolute Gasteiger partial charge is 0.354 e. The molecule has 0 saturated carbocycles. The van der Waals surface area contributed by atoms with Gasteiger partial charge >= 0.3 is 0 Å². The highest BCUT2D eigenvalue weighted by atomic mass is 19.1. The van der Waals surface area contributed by atoms with Gasteiger partial charge in [-0.2, -0.15) is 4.98 Å². The molecule has 1 aromatic heterocycles. The molecule has 2 rings (SSSR count). The SMILES string of the molecule is CCCNc1ncc(F)c(N2CCN(C(C)=O)CC2)n1. The van der Waals surface area contributed by atoms with E-state index in [1.807, 2.05) is 11.8 Å². The van der Waals surface area contributed by atoms with E-state index in [4.69, 9.17) is 0 Å². The summed E-state index contributed by atoms with van der Waals surface area (Å²) in [5.74, 6) is 0.375. The van der Waals surface area contributed by atoms with E-state index in [9.17, 15) is 9.18 Å². The summed E-state index contributed by atoms with van der Waals surface area (Å²) in [6.45, 7) is 6.70. The Bertz CT molecular complexity index is 474. The average Bonchev–Trinajstić information content (AvgIpc) is 2.46. The second kappa shape index (κ2) is 6.49. The highest BCUT2D eigenvalue weighted by molar-refractivity contribution is 5.73. The predicted molar refractivity (Wildman–Crippen MR) is 75.2 cm³/mol. The zero-order chi connectivity index (χ0) is 14.5. The van der Waals surface area contributed by atoms with E-state index in [-0.39, 0.29) is 5.91 Å². The van der Waals surface area contributed by atoms with E-state index in [1.165, 1.54) is 6.20 Å². The van der Waals surface area contributed by atoms with Crippen molar-refractivity contribution >= 4 is 17.7 Å². The quantitative estimate of drug-likeness (QED) is 0.895. The lowest BCUT2D eigenvalue weighted by Gasteiger charge is -2.35. The van der Waals surface area contributed by atoms with E-state index in [1.54, 1.807) is 11.8 Å². The van der Waals surface area contributed by atoms with Gasteiger partial charge in [0.15, 0.2) is 11.6 Å². The van der Waals surface area contributed by atoms with Gasteiger partial charge in [-0.3, -0.25) is 4.79 Å². The molecule has 0 spiro atoms. The fraction of sp³-hybridized carbons (Fsp3) is 0.615. The van der Waals surface area contributed by atoms with Crippen molar-refractivity contribution in [2.45, 2.75) is 20.3 Å². The lowest BCUT2D eigenvalue weighted by Crippen LogP contribution is -2.48. The molecule has 1 aliphatic rings. The maximum Gasteiger partial charge on any atom is 0.224 e. The number of anilines is 2. The van der Waals surface area contributed by atoms with Gasteiger partial charge in [-0.15, -0.1) is 0 Å². The number of halogens is 1. The van der Waals surface area contributed by atoms with Crippen molar-refractivity contribution in [2.24, 2.45) is 0 Å². The summed E-state index contributed by atoms with van der Waals surface area (Å²) in [5, 5.41) is 3.05. The summed E-state index contributed by atoms with van der Waals surface area (Å²) in [6, 6.07) is 0. The molecule has 1 saturated heterocycles. The number of rotatable bonds is 4. The van der Waals surface area contributed by atoms with E-state index in [0.717, 1.165) is 13.0 Å². The Morgan fingerprint density at radius 1 is 1.40 bits per heavy atom. The molecule has 0 unspecified atom stereocenters. The Labute approximate surface area is 118 Å². The van der Waals surface area contributed by atoms with E-state index >= 15 is 0 Å². The normalized spacial score (nSPS) is 15.3. The first-order valence-corrected chi connectivity index (χ1v) is 6.88. The van der Waals surface area contributed by atoms with Crippen LogP contribution in [-0.4, -0.2) is 53.5 Å². The number of carbonyl (C=O) groups is 1. The van der Waals surface area contributed by atoms with E-state index in [0.29, 0.717) is 37.9 Å². The molecular formula is C13H20FN5O. The predicted octanol–water partition coefficient (Wildman–Crippen LogP) is 1.11. The van der Waals surface area contributed by atoms with Crippen LogP contribution < -0.4 is 10.2 Å². The molecule has 1 amide bonds. The van der Waals surface area contributed by atoms with Gasteiger partial charge in [-0.25, -0.2) is 9.37 Å². The highest BCUT2D eigenvalue weighted by Gasteiger charge is 2.22. The summed E-state index contributed by atoms with van der Waals surface area (Å²) in [5.41, 5.74) is 0. The summed E-state index contributed by atoms with van der Waals surface area (Å²) in [7, 11) is 0. The number of hydrogen-bond donors (Lipinski definition) is 1. The van der Waals surface area contributed by atoms with Crippen LogP contribution in [0.5, 0.6) is 0 Å². The molecule has 110 valence electrons. The Balaban J connectivity index is 2.06. The van der Waals surface area contributed by atoms with Crippen LogP contribution in [0.25, 0.3) is 0 Å². The second-order valence-corrected chi connectivity index (χ2v) is 4.79. The minimum atomic E-state index is -0.427. The smallest absolute Gasteiger partial charge is 0.224 e. The lowest BCUT2D eigenvalue weighted by atomic mass is 10.3. The van der Waals surface area contributed by atoms with Gasteiger partial charge < -0.3 is 15.1 Å². The maximum atomic E-state index is 13.9. The molecule has 0 atom stereocenters. The third-order valence-electron chi connectivity index (χ3n) is 3.28. The van der Waals surface area contributed by atoms with Gasteiger partial charge in [0.1, 0.15) is 0 Å². The van der Waals surface area contributed by atoms with Crippen LogP contribution in [0.15, 0.2) is 6.20 Å². The number of nitrogens with one attached hydrogen (secondary N) is 1. The number of piperazine rings is 1. The summed E-state index contributed by atoms with van der Waals surface area (Å²) >= 11 is 0. The minimum Gasteiger partial charge on any atom is -0.354 e. The minimum absolute atomic E-state index is 0.0538. The molecule has 0 aromatic carbocycles. The van der Waals surface area contributed by atoms with Crippen LogP contribution in [0.4, 0.5) is 16.2 Å². The van der Waals surface area contributed by atoms with Gasteiger partial charge in [0.25, 0.3) is 0 Å². The van der Waals surface area contributed by atoms with Crippen molar-refractivity contribution in [3.05, 3.63) is 12.0 Å². The first kappa shape index (κ1) is 14.5. The van der Waals surface area contributed by atoms with Crippen LogP contribution in [0, 0.1) is 5.82 Å². The van der Waals surface area contributed by atoms with Crippen molar-refractivity contribution in [1.29, 1.82) is 0 Å². The standard InChI is InChI=1S/C13H20FN5O/c1-3-4-15-13-16-9-11(14)12(17-13)19-7-5-18(6-8-19)10(2)20/h9H,3-8H2,1-2H3,(H,15,16,17). The fourth-order valence-electron chi connectivity index (χ4n) is 2.14. The van der Waals surface area contributed by atoms with Crippen LogP contribution in [0.1, 0.15) is 20.3 Å². The molecular weight excluding hydrogens is 261 g/mol. The molecule has 1 fully saturated rings. The number of hydrogen-bond acceptors (Lipinski definition) is 5. The first-order valence-electron chi connectivity index (χ1n) is 6.88. The molecule has 1 aliphatic heterocycles. The Hall–Kier alpha value is -1.92. The Kier molecular flexibility index (Phi) is 4.70. The number of nitrogens with zero attached hydrogens (tertiary/aromatic N) is 4. The van der Waals surface area contributed by atoms with Gasteiger partial charge in [-0.1, -0.05) is 6.92 Å². The zero-order valence-electron chi connectivity index (χ0n) is 11.9. The third kappa shape index (κ3) is 3.34. The number of carbonyl (C=O) groups excluding carboxylic acids is 1.